The number of carbonyl (C=O) groups is 2. The van der Waals surface area contributed by atoms with Gasteiger partial charge in [0.05, 0.1) is 12.2 Å². The Balaban J connectivity index is 1.79. The monoisotopic (exact) mass is 498 g/mol. The largest absolute Gasteiger partial charge is 0.368 e. The van der Waals surface area contributed by atoms with Crippen molar-refractivity contribution < 1.29 is 9.59 Å². The number of halogens is 1. The molecule has 10 heteroatoms. The summed E-state index contributed by atoms with van der Waals surface area (Å²) in [5.74, 6) is 0.474. The van der Waals surface area contributed by atoms with E-state index in [4.69, 9.17) is 22.3 Å². The Morgan fingerprint density at radius 1 is 1.23 bits per heavy atom. The normalized spacial score (nSPS) is 15.6. The van der Waals surface area contributed by atoms with Crippen LogP contribution >= 0.6 is 11.6 Å². The van der Waals surface area contributed by atoms with Gasteiger partial charge in [0, 0.05) is 43.0 Å². The molecule has 4 rings (SSSR count). The summed E-state index contributed by atoms with van der Waals surface area (Å²) in [6.07, 6.45) is 6.19. The third kappa shape index (κ3) is 5.19. The number of benzene rings is 1. The highest BCUT2D eigenvalue weighted by Gasteiger charge is 2.35. The van der Waals surface area contributed by atoms with E-state index in [0.29, 0.717) is 41.8 Å². The number of nitrogens with two attached hydrogens (primary N) is 1. The first-order valence-corrected chi connectivity index (χ1v) is 12.4. The van der Waals surface area contributed by atoms with Crippen LogP contribution < -0.4 is 16.2 Å². The van der Waals surface area contributed by atoms with Crippen LogP contribution in [-0.2, 0) is 16.1 Å². The first-order chi connectivity index (χ1) is 16.8. The van der Waals surface area contributed by atoms with Crippen LogP contribution in [0.1, 0.15) is 39.0 Å². The summed E-state index contributed by atoms with van der Waals surface area (Å²) in [6.45, 7) is 3.30. The van der Waals surface area contributed by atoms with Gasteiger partial charge in [-0.25, -0.2) is 4.98 Å². The number of primary amides is 1. The first-order valence-electron chi connectivity index (χ1n) is 12.0. The van der Waals surface area contributed by atoms with Crippen LogP contribution in [0.3, 0.4) is 0 Å². The fraction of sp³-hybridized carbons (Fsp3) is 0.440. The maximum absolute atomic E-state index is 13.2. The molecule has 0 spiro atoms. The Morgan fingerprint density at radius 2 is 1.97 bits per heavy atom. The predicted octanol–water partition coefficient (Wildman–Crippen LogP) is 2.92. The molecule has 1 aliphatic rings. The SMILES string of the molecule is CCCCCn1c(N2CCC[C@H]2C(=O)N(C)CC(N)=O)cc(=O)n2cc(-c3ccc(Cl)cc3)nc12. The van der Waals surface area contributed by atoms with E-state index in [1.54, 1.807) is 35.8 Å². The minimum atomic E-state index is -0.560. The topological polar surface area (TPSA) is 106 Å². The molecule has 2 N–H and O–H groups in total. The van der Waals surface area contributed by atoms with E-state index in [9.17, 15) is 14.4 Å². The highest BCUT2D eigenvalue weighted by molar-refractivity contribution is 6.30. The maximum Gasteiger partial charge on any atom is 0.261 e. The molecule has 186 valence electrons. The molecule has 1 atom stereocenters. The summed E-state index contributed by atoms with van der Waals surface area (Å²) in [7, 11) is 1.58. The molecular weight excluding hydrogens is 468 g/mol. The van der Waals surface area contributed by atoms with Gasteiger partial charge in [-0.05, 0) is 31.4 Å². The second kappa shape index (κ2) is 10.5. The molecule has 0 bridgehead atoms. The number of fused-ring (bicyclic) bond motifs is 1. The van der Waals surface area contributed by atoms with Crippen LogP contribution in [0, 0.1) is 0 Å². The Hall–Kier alpha value is -3.33. The lowest BCUT2D eigenvalue weighted by Crippen LogP contribution is -2.47. The number of aromatic nitrogens is 3. The molecule has 2 aromatic heterocycles. The number of carbonyl (C=O) groups excluding carboxylic acids is 2. The van der Waals surface area contributed by atoms with E-state index in [-0.39, 0.29) is 18.0 Å². The van der Waals surface area contributed by atoms with Gasteiger partial charge >= 0.3 is 0 Å². The molecule has 3 aromatic rings. The first kappa shape index (κ1) is 24.8. The maximum atomic E-state index is 13.2. The quantitative estimate of drug-likeness (QED) is 0.456. The molecule has 2 amide bonds. The van der Waals surface area contributed by atoms with Gasteiger partial charge in [-0.3, -0.25) is 23.4 Å². The van der Waals surface area contributed by atoms with Crippen LogP contribution in [0.25, 0.3) is 17.0 Å². The van der Waals surface area contributed by atoms with Crippen molar-refractivity contribution in [3.63, 3.8) is 0 Å². The lowest BCUT2D eigenvalue weighted by Gasteiger charge is -2.31. The molecule has 3 heterocycles. The average molecular weight is 499 g/mol. The van der Waals surface area contributed by atoms with Gasteiger partial charge in [-0.1, -0.05) is 43.5 Å². The van der Waals surface area contributed by atoms with E-state index in [1.165, 1.54) is 4.90 Å². The molecule has 0 unspecified atom stereocenters. The van der Waals surface area contributed by atoms with Crippen molar-refractivity contribution in [1.82, 2.24) is 18.9 Å². The van der Waals surface area contributed by atoms with Gasteiger partial charge in [0.1, 0.15) is 11.9 Å². The summed E-state index contributed by atoms with van der Waals surface area (Å²) >= 11 is 6.04. The number of unbranched alkanes of at least 4 members (excludes halogenated alkanes) is 2. The number of rotatable bonds is 9. The minimum Gasteiger partial charge on any atom is -0.368 e. The van der Waals surface area contributed by atoms with Crippen molar-refractivity contribution in [3.8, 4) is 11.3 Å². The third-order valence-electron chi connectivity index (χ3n) is 6.42. The molecule has 1 fully saturated rings. The second-order valence-corrected chi connectivity index (χ2v) is 9.45. The van der Waals surface area contributed by atoms with Crippen LogP contribution in [0.2, 0.25) is 5.02 Å². The Bertz CT molecular complexity index is 1280. The van der Waals surface area contributed by atoms with Gasteiger partial charge in [0.15, 0.2) is 0 Å². The van der Waals surface area contributed by atoms with E-state index in [1.807, 2.05) is 21.6 Å². The van der Waals surface area contributed by atoms with Crippen LogP contribution in [-0.4, -0.2) is 56.8 Å². The molecule has 0 aliphatic carbocycles. The summed E-state index contributed by atoms with van der Waals surface area (Å²) in [4.78, 5) is 45.9. The van der Waals surface area contributed by atoms with Gasteiger partial charge in [0.2, 0.25) is 17.6 Å². The van der Waals surface area contributed by atoms with Gasteiger partial charge in [-0.2, -0.15) is 0 Å². The van der Waals surface area contributed by atoms with Gasteiger partial charge in [-0.15, -0.1) is 0 Å². The Labute approximate surface area is 209 Å². The molecule has 0 saturated carbocycles. The molecule has 1 saturated heterocycles. The van der Waals surface area contributed by atoms with Crippen molar-refractivity contribution >= 4 is 35.0 Å². The number of imidazole rings is 1. The minimum absolute atomic E-state index is 0.143. The molecule has 9 nitrogen and oxygen atoms in total. The standard InChI is InChI=1S/C25H31ClN6O3/c1-3-4-5-12-31-22(30-13-6-7-20(30)24(35)29(2)16-21(27)33)14-23(34)32-15-19(28-25(31)32)17-8-10-18(26)11-9-17/h8-11,14-15,20H,3-7,12-13,16H2,1-2H3,(H2,27,33)/t20-/m0/s1. The number of nitrogens with zero attached hydrogens (tertiary/aromatic N) is 5. The van der Waals surface area contributed by atoms with Crippen LogP contribution in [0.4, 0.5) is 5.82 Å². The molecule has 1 aromatic carbocycles. The predicted molar refractivity (Wildman–Crippen MR) is 137 cm³/mol. The van der Waals surface area contributed by atoms with E-state index >= 15 is 0 Å². The summed E-state index contributed by atoms with van der Waals surface area (Å²) in [5.41, 5.74) is 6.63. The smallest absolute Gasteiger partial charge is 0.261 e. The summed E-state index contributed by atoms with van der Waals surface area (Å²) < 4.78 is 3.60. The highest BCUT2D eigenvalue weighted by Crippen LogP contribution is 2.29. The van der Waals surface area contributed by atoms with Crippen LogP contribution in [0.15, 0.2) is 41.3 Å². The van der Waals surface area contributed by atoms with Crippen molar-refractivity contribution in [2.75, 3.05) is 25.0 Å². The summed E-state index contributed by atoms with van der Waals surface area (Å²) in [6, 6.07) is 8.46. The van der Waals surface area contributed by atoms with Gasteiger partial charge in [0.25, 0.3) is 5.56 Å². The van der Waals surface area contributed by atoms with E-state index < -0.39 is 11.9 Å². The zero-order chi connectivity index (χ0) is 25.1. The number of aryl methyl sites for hydroxylation is 1. The zero-order valence-corrected chi connectivity index (χ0v) is 20.9. The van der Waals surface area contributed by atoms with Crippen molar-refractivity contribution in [3.05, 3.63) is 51.9 Å². The van der Waals surface area contributed by atoms with Crippen molar-refractivity contribution in [2.45, 2.75) is 51.6 Å². The lowest BCUT2D eigenvalue weighted by atomic mass is 10.2. The number of hydrogen-bond donors (Lipinski definition) is 1. The summed E-state index contributed by atoms with van der Waals surface area (Å²) in [5, 5.41) is 0.630. The van der Waals surface area contributed by atoms with Crippen molar-refractivity contribution in [1.29, 1.82) is 0 Å². The molecule has 35 heavy (non-hydrogen) atoms. The molecular formula is C25H31ClN6O3. The van der Waals surface area contributed by atoms with Gasteiger partial charge < -0.3 is 15.5 Å². The Kier molecular flexibility index (Phi) is 7.45. The third-order valence-corrected chi connectivity index (χ3v) is 6.67. The fourth-order valence-corrected chi connectivity index (χ4v) is 4.81. The van der Waals surface area contributed by atoms with E-state index in [2.05, 4.69) is 6.92 Å². The second-order valence-electron chi connectivity index (χ2n) is 9.01. The fourth-order valence-electron chi connectivity index (χ4n) is 4.68. The number of anilines is 1. The molecule has 1 aliphatic heterocycles. The zero-order valence-electron chi connectivity index (χ0n) is 20.1. The Morgan fingerprint density at radius 3 is 2.66 bits per heavy atom. The number of amides is 2. The molecule has 0 radical (unpaired) electrons. The average Bonchev–Trinajstić information content (AvgIpc) is 3.48. The lowest BCUT2D eigenvalue weighted by molar-refractivity contribution is -0.134. The number of hydrogen-bond acceptors (Lipinski definition) is 5. The van der Waals surface area contributed by atoms with E-state index in [0.717, 1.165) is 31.2 Å². The highest BCUT2D eigenvalue weighted by atomic mass is 35.5. The number of likely N-dealkylation sites (N-methyl/N-ethyl adjacent to an activating group) is 1. The van der Waals surface area contributed by atoms with Crippen molar-refractivity contribution in [2.24, 2.45) is 5.73 Å². The van der Waals surface area contributed by atoms with Crippen LogP contribution in [0.5, 0.6) is 0 Å².